The molecule has 1 amide bonds. The summed E-state index contributed by atoms with van der Waals surface area (Å²) in [5, 5.41) is 0. The van der Waals surface area contributed by atoms with Gasteiger partial charge in [-0.1, -0.05) is 0 Å². The Balaban J connectivity index is 1.88. The lowest BCUT2D eigenvalue weighted by atomic mass is 10.1. The summed E-state index contributed by atoms with van der Waals surface area (Å²) in [6, 6.07) is -0.189. The van der Waals surface area contributed by atoms with Crippen LogP contribution in [0.3, 0.4) is 0 Å². The zero-order valence-corrected chi connectivity index (χ0v) is 11.6. The van der Waals surface area contributed by atoms with Crippen LogP contribution in [0.15, 0.2) is 18.7 Å². The van der Waals surface area contributed by atoms with Crippen LogP contribution in [-0.4, -0.2) is 53.8 Å². The Kier molecular flexibility index (Phi) is 4.20. The fourth-order valence-electron chi connectivity index (χ4n) is 2.06. The van der Waals surface area contributed by atoms with Crippen molar-refractivity contribution >= 4 is 16.1 Å². The van der Waals surface area contributed by atoms with Gasteiger partial charge in [-0.05, 0) is 19.8 Å². The first kappa shape index (κ1) is 14.0. The summed E-state index contributed by atoms with van der Waals surface area (Å²) in [4.78, 5) is 17.6. The van der Waals surface area contributed by atoms with E-state index in [4.69, 9.17) is 0 Å². The summed E-state index contributed by atoms with van der Waals surface area (Å²) in [5.74, 6) is 0.0845. The molecule has 2 rings (SSSR count). The van der Waals surface area contributed by atoms with Gasteiger partial charge in [0.1, 0.15) is 6.33 Å². The van der Waals surface area contributed by atoms with Crippen LogP contribution >= 0.6 is 0 Å². The van der Waals surface area contributed by atoms with Crippen LogP contribution in [0, 0.1) is 0 Å². The van der Waals surface area contributed by atoms with Crippen LogP contribution in [0.1, 0.15) is 19.8 Å². The number of hydrogen-bond acceptors (Lipinski definition) is 4. The molecule has 1 fully saturated rings. The molecule has 0 aliphatic carbocycles. The number of likely N-dealkylation sites (tertiary alicyclic amines) is 1. The third-order valence-electron chi connectivity index (χ3n) is 3.22. The molecule has 1 aromatic heterocycles. The number of sulfonamides is 1. The van der Waals surface area contributed by atoms with Gasteiger partial charge >= 0.3 is 6.03 Å². The highest BCUT2D eigenvalue weighted by Crippen LogP contribution is 2.12. The van der Waals surface area contributed by atoms with Gasteiger partial charge in [0.05, 0.1) is 5.75 Å². The number of aromatic nitrogens is 2. The third kappa shape index (κ3) is 3.54. The molecule has 1 aliphatic heterocycles. The molecule has 1 saturated heterocycles. The van der Waals surface area contributed by atoms with Crippen molar-refractivity contribution in [2.24, 2.45) is 0 Å². The smallest absolute Gasteiger partial charge is 0.324 e. The number of carbonyl (C=O) groups is 1. The first-order valence-electron chi connectivity index (χ1n) is 6.29. The zero-order chi connectivity index (χ0) is 13.9. The SMILES string of the molecule is CCS(=O)(=O)NC1CCN(C(=O)n2ccnc2)CC1. The lowest BCUT2D eigenvalue weighted by Gasteiger charge is -2.31. The van der Waals surface area contributed by atoms with E-state index >= 15 is 0 Å². The Morgan fingerprint density at radius 2 is 2.11 bits per heavy atom. The summed E-state index contributed by atoms with van der Waals surface area (Å²) < 4.78 is 27.0. The van der Waals surface area contributed by atoms with Crippen molar-refractivity contribution in [3.8, 4) is 0 Å². The van der Waals surface area contributed by atoms with E-state index in [1.165, 1.54) is 10.9 Å². The van der Waals surface area contributed by atoms with E-state index in [0.29, 0.717) is 25.9 Å². The quantitative estimate of drug-likeness (QED) is 0.863. The summed E-state index contributed by atoms with van der Waals surface area (Å²) in [6.07, 6.45) is 5.90. The van der Waals surface area contributed by atoms with Gasteiger partial charge in [0.25, 0.3) is 0 Å². The van der Waals surface area contributed by atoms with E-state index in [0.717, 1.165) is 0 Å². The van der Waals surface area contributed by atoms with Crippen LogP contribution in [0.5, 0.6) is 0 Å². The minimum Gasteiger partial charge on any atom is -0.324 e. The number of hydrogen-bond donors (Lipinski definition) is 1. The first-order valence-corrected chi connectivity index (χ1v) is 7.94. The van der Waals surface area contributed by atoms with Crippen molar-refractivity contribution in [1.82, 2.24) is 19.2 Å². The normalized spacial score (nSPS) is 17.6. The van der Waals surface area contributed by atoms with Gasteiger partial charge in [-0.3, -0.25) is 4.57 Å². The lowest BCUT2D eigenvalue weighted by Crippen LogP contribution is -2.47. The van der Waals surface area contributed by atoms with Crippen LogP contribution in [0.4, 0.5) is 4.79 Å². The van der Waals surface area contributed by atoms with Crippen molar-refractivity contribution in [1.29, 1.82) is 0 Å². The van der Waals surface area contributed by atoms with E-state index in [2.05, 4.69) is 9.71 Å². The van der Waals surface area contributed by atoms with Gasteiger partial charge in [0.2, 0.25) is 10.0 Å². The molecular formula is C11H18N4O3S. The highest BCUT2D eigenvalue weighted by atomic mass is 32.2. The van der Waals surface area contributed by atoms with Crippen LogP contribution in [0.2, 0.25) is 0 Å². The molecule has 1 N–H and O–H groups in total. The number of piperidine rings is 1. The summed E-state index contributed by atoms with van der Waals surface area (Å²) >= 11 is 0. The number of amides is 1. The third-order valence-corrected chi connectivity index (χ3v) is 4.67. The van der Waals surface area contributed by atoms with Gasteiger partial charge in [0.15, 0.2) is 0 Å². The van der Waals surface area contributed by atoms with Gasteiger partial charge in [-0.15, -0.1) is 0 Å². The summed E-state index contributed by atoms with van der Waals surface area (Å²) in [5.41, 5.74) is 0. The predicted molar refractivity (Wildman–Crippen MR) is 70.2 cm³/mol. The molecule has 0 atom stereocenters. The molecule has 8 heteroatoms. The van der Waals surface area contributed by atoms with Crippen LogP contribution in [0.25, 0.3) is 0 Å². The molecule has 106 valence electrons. The van der Waals surface area contributed by atoms with Crippen molar-refractivity contribution in [2.75, 3.05) is 18.8 Å². The Morgan fingerprint density at radius 3 is 2.63 bits per heavy atom. The molecule has 2 heterocycles. The van der Waals surface area contributed by atoms with Crippen LogP contribution < -0.4 is 4.72 Å². The van der Waals surface area contributed by atoms with Gasteiger partial charge in [-0.2, -0.15) is 0 Å². The maximum Gasteiger partial charge on any atom is 0.329 e. The van der Waals surface area contributed by atoms with Crippen LogP contribution in [-0.2, 0) is 10.0 Å². The number of nitrogens with one attached hydrogen (secondary N) is 1. The highest BCUT2D eigenvalue weighted by molar-refractivity contribution is 7.89. The van der Waals surface area contributed by atoms with Gasteiger partial charge in [0, 0.05) is 31.5 Å². The second kappa shape index (κ2) is 5.70. The molecule has 1 aromatic rings. The minimum atomic E-state index is -3.17. The Hall–Kier alpha value is -1.41. The van der Waals surface area contributed by atoms with Crippen molar-refractivity contribution < 1.29 is 13.2 Å². The fraction of sp³-hybridized carbons (Fsp3) is 0.636. The second-order valence-electron chi connectivity index (χ2n) is 4.54. The van der Waals surface area contributed by atoms with E-state index in [1.807, 2.05) is 0 Å². The number of rotatable bonds is 3. The highest BCUT2D eigenvalue weighted by Gasteiger charge is 2.25. The van der Waals surface area contributed by atoms with E-state index in [9.17, 15) is 13.2 Å². The maximum atomic E-state index is 12.0. The average molecular weight is 286 g/mol. The molecule has 0 radical (unpaired) electrons. The molecular weight excluding hydrogens is 268 g/mol. The largest absolute Gasteiger partial charge is 0.329 e. The Bertz CT molecular complexity index is 518. The molecule has 7 nitrogen and oxygen atoms in total. The van der Waals surface area contributed by atoms with Crippen molar-refractivity contribution in [3.63, 3.8) is 0 Å². The molecule has 0 spiro atoms. The van der Waals surface area contributed by atoms with Gasteiger partial charge < -0.3 is 4.90 Å². The van der Waals surface area contributed by atoms with E-state index in [-0.39, 0.29) is 17.8 Å². The standard InChI is InChI=1S/C11H18N4O3S/c1-2-19(17,18)13-10-3-6-14(7-4-10)11(16)15-8-5-12-9-15/h5,8-10,13H,2-4,6-7H2,1H3. The van der Waals surface area contributed by atoms with Crippen molar-refractivity contribution in [2.45, 2.75) is 25.8 Å². The summed E-state index contributed by atoms with van der Waals surface area (Å²) in [7, 11) is -3.17. The number of nitrogens with zero attached hydrogens (tertiary/aromatic N) is 3. The molecule has 0 saturated carbocycles. The molecule has 1 aliphatic rings. The first-order chi connectivity index (χ1) is 9.02. The molecule has 0 unspecified atom stereocenters. The minimum absolute atomic E-state index is 0.0724. The van der Waals surface area contributed by atoms with E-state index < -0.39 is 10.0 Å². The molecule has 19 heavy (non-hydrogen) atoms. The summed E-state index contributed by atoms with van der Waals surface area (Å²) in [6.45, 7) is 2.71. The van der Waals surface area contributed by atoms with E-state index in [1.54, 1.807) is 24.2 Å². The fourth-order valence-corrected chi connectivity index (χ4v) is 2.97. The zero-order valence-electron chi connectivity index (χ0n) is 10.8. The topological polar surface area (TPSA) is 84.3 Å². The lowest BCUT2D eigenvalue weighted by molar-refractivity contribution is 0.181. The number of carbonyl (C=O) groups excluding carboxylic acids is 1. The van der Waals surface area contributed by atoms with Crippen molar-refractivity contribution in [3.05, 3.63) is 18.7 Å². The average Bonchev–Trinajstić information content (AvgIpc) is 2.92. The maximum absolute atomic E-state index is 12.0. The molecule has 0 bridgehead atoms. The number of imidazole rings is 1. The Labute approximate surface area is 112 Å². The monoisotopic (exact) mass is 286 g/mol. The molecule has 0 aromatic carbocycles. The van der Waals surface area contributed by atoms with Gasteiger partial charge in [-0.25, -0.2) is 22.9 Å². The second-order valence-corrected chi connectivity index (χ2v) is 6.58. The Morgan fingerprint density at radius 1 is 1.42 bits per heavy atom. The predicted octanol–water partition coefficient (Wildman–Crippen LogP) is 0.255.